The van der Waals surface area contributed by atoms with Crippen molar-refractivity contribution in [2.24, 2.45) is 5.92 Å². The normalized spacial score (nSPS) is 29.1. The molecule has 14 heavy (non-hydrogen) atoms. The molecule has 0 aromatic carbocycles. The van der Waals surface area contributed by atoms with Crippen LogP contribution in [0.5, 0.6) is 0 Å². The molecule has 0 bridgehead atoms. The highest BCUT2D eigenvalue weighted by molar-refractivity contribution is 4.79. The van der Waals surface area contributed by atoms with Crippen LogP contribution in [-0.4, -0.2) is 24.8 Å². The summed E-state index contributed by atoms with van der Waals surface area (Å²) in [5, 5.41) is 3.58. The Balaban J connectivity index is 2.33. The summed E-state index contributed by atoms with van der Waals surface area (Å²) in [7, 11) is 0. The Morgan fingerprint density at radius 3 is 2.64 bits per heavy atom. The van der Waals surface area contributed by atoms with Crippen molar-refractivity contribution < 1.29 is 4.74 Å². The number of hydrogen-bond acceptors (Lipinski definition) is 2. The Kier molecular flexibility index (Phi) is 4.39. The van der Waals surface area contributed by atoms with Gasteiger partial charge in [0.1, 0.15) is 0 Å². The molecule has 0 aromatic heterocycles. The fourth-order valence-corrected chi connectivity index (χ4v) is 2.02. The Morgan fingerprint density at radius 1 is 1.36 bits per heavy atom. The summed E-state index contributed by atoms with van der Waals surface area (Å²) in [4.78, 5) is 0. The van der Waals surface area contributed by atoms with Crippen molar-refractivity contribution in [3.63, 3.8) is 0 Å². The molecule has 0 aromatic rings. The lowest BCUT2D eigenvalue weighted by Gasteiger charge is -2.33. The monoisotopic (exact) mass is 199 g/mol. The largest absolute Gasteiger partial charge is 0.378 e. The molecule has 2 unspecified atom stereocenters. The molecule has 1 fully saturated rings. The van der Waals surface area contributed by atoms with Crippen molar-refractivity contribution >= 4 is 0 Å². The fraction of sp³-hybridized carbons (Fsp3) is 1.00. The molecule has 1 saturated heterocycles. The van der Waals surface area contributed by atoms with Crippen LogP contribution in [0.25, 0.3) is 0 Å². The van der Waals surface area contributed by atoms with Crippen LogP contribution in [0.15, 0.2) is 0 Å². The summed E-state index contributed by atoms with van der Waals surface area (Å²) in [5.41, 5.74) is 0.232. The fourth-order valence-electron chi connectivity index (χ4n) is 2.02. The molecule has 0 amide bonds. The first-order chi connectivity index (χ1) is 6.53. The summed E-state index contributed by atoms with van der Waals surface area (Å²) in [6.07, 6.45) is 4.18. The molecule has 0 radical (unpaired) electrons. The van der Waals surface area contributed by atoms with Crippen LogP contribution in [0.4, 0.5) is 0 Å². The molecular weight excluding hydrogens is 174 g/mol. The van der Waals surface area contributed by atoms with E-state index in [-0.39, 0.29) is 5.54 Å². The van der Waals surface area contributed by atoms with E-state index in [1.807, 2.05) is 0 Å². The first-order valence-electron chi connectivity index (χ1n) is 5.89. The highest BCUT2D eigenvalue weighted by Crippen LogP contribution is 2.22. The quantitative estimate of drug-likeness (QED) is 0.754. The lowest BCUT2D eigenvalue weighted by molar-refractivity contribution is -0.0288. The summed E-state index contributed by atoms with van der Waals surface area (Å²) in [5.74, 6) is 0.716. The average molecular weight is 199 g/mol. The molecular formula is C12H25NO. The second kappa shape index (κ2) is 5.13. The van der Waals surface area contributed by atoms with Crippen molar-refractivity contribution in [1.29, 1.82) is 0 Å². The van der Waals surface area contributed by atoms with Crippen LogP contribution in [-0.2, 0) is 4.74 Å². The second-order valence-corrected chi connectivity index (χ2v) is 5.35. The summed E-state index contributed by atoms with van der Waals surface area (Å²) in [6.45, 7) is 10.9. The molecule has 0 spiro atoms. The first-order valence-corrected chi connectivity index (χ1v) is 5.89. The molecule has 2 atom stereocenters. The predicted octanol–water partition coefficient (Wildman–Crippen LogP) is 2.58. The van der Waals surface area contributed by atoms with Crippen LogP contribution >= 0.6 is 0 Å². The lowest BCUT2D eigenvalue weighted by Crippen LogP contribution is -2.43. The van der Waals surface area contributed by atoms with Crippen LogP contribution in [0.3, 0.4) is 0 Å². The Labute approximate surface area is 88.4 Å². The van der Waals surface area contributed by atoms with E-state index in [0.717, 1.165) is 19.6 Å². The van der Waals surface area contributed by atoms with Gasteiger partial charge in [-0.15, -0.1) is 0 Å². The Morgan fingerprint density at radius 2 is 2.07 bits per heavy atom. The summed E-state index contributed by atoms with van der Waals surface area (Å²) >= 11 is 0. The van der Waals surface area contributed by atoms with Gasteiger partial charge in [0.25, 0.3) is 0 Å². The van der Waals surface area contributed by atoms with Crippen molar-refractivity contribution in [3.8, 4) is 0 Å². The highest BCUT2D eigenvalue weighted by atomic mass is 16.5. The topological polar surface area (TPSA) is 21.3 Å². The number of nitrogens with one attached hydrogen (secondary N) is 1. The van der Waals surface area contributed by atoms with Gasteiger partial charge in [0.2, 0.25) is 0 Å². The van der Waals surface area contributed by atoms with Crippen LogP contribution in [0.2, 0.25) is 0 Å². The second-order valence-electron chi connectivity index (χ2n) is 5.35. The van der Waals surface area contributed by atoms with Gasteiger partial charge in [-0.3, -0.25) is 0 Å². The molecule has 0 saturated carbocycles. The van der Waals surface area contributed by atoms with E-state index < -0.39 is 0 Å². The molecule has 1 rings (SSSR count). The van der Waals surface area contributed by atoms with Gasteiger partial charge in [-0.05, 0) is 46.0 Å². The van der Waals surface area contributed by atoms with Crippen LogP contribution < -0.4 is 5.32 Å². The van der Waals surface area contributed by atoms with E-state index in [0.29, 0.717) is 12.0 Å². The van der Waals surface area contributed by atoms with Crippen LogP contribution in [0.1, 0.15) is 47.0 Å². The van der Waals surface area contributed by atoms with Crippen LogP contribution in [0, 0.1) is 5.92 Å². The maximum Gasteiger partial charge on any atom is 0.0612 e. The smallest absolute Gasteiger partial charge is 0.0612 e. The molecule has 2 heteroatoms. The predicted molar refractivity (Wildman–Crippen MR) is 60.5 cm³/mol. The van der Waals surface area contributed by atoms with Gasteiger partial charge < -0.3 is 10.1 Å². The zero-order valence-electron chi connectivity index (χ0n) is 10.1. The third-order valence-electron chi connectivity index (χ3n) is 2.87. The average Bonchev–Trinajstić information content (AvgIpc) is 2.14. The zero-order valence-corrected chi connectivity index (χ0v) is 10.1. The SMILES string of the molecule is CCC1OCCCC1CNC(C)(C)C. The molecule has 1 heterocycles. The van der Waals surface area contributed by atoms with E-state index in [1.54, 1.807) is 0 Å². The summed E-state index contributed by atoms with van der Waals surface area (Å²) < 4.78 is 5.76. The number of hydrogen-bond donors (Lipinski definition) is 1. The Hall–Kier alpha value is -0.0800. The highest BCUT2D eigenvalue weighted by Gasteiger charge is 2.25. The van der Waals surface area contributed by atoms with Gasteiger partial charge in [0, 0.05) is 18.7 Å². The van der Waals surface area contributed by atoms with Crippen molar-refractivity contribution in [2.45, 2.75) is 58.6 Å². The van der Waals surface area contributed by atoms with Gasteiger partial charge in [-0.1, -0.05) is 6.92 Å². The van der Waals surface area contributed by atoms with E-state index in [2.05, 4.69) is 33.0 Å². The van der Waals surface area contributed by atoms with Crippen molar-refractivity contribution in [2.75, 3.05) is 13.2 Å². The molecule has 1 aliphatic heterocycles. The maximum atomic E-state index is 5.76. The van der Waals surface area contributed by atoms with E-state index >= 15 is 0 Å². The van der Waals surface area contributed by atoms with Gasteiger partial charge in [-0.25, -0.2) is 0 Å². The first kappa shape index (κ1) is 12.0. The maximum absolute atomic E-state index is 5.76. The minimum absolute atomic E-state index is 0.232. The minimum atomic E-state index is 0.232. The van der Waals surface area contributed by atoms with Crippen molar-refractivity contribution in [3.05, 3.63) is 0 Å². The van der Waals surface area contributed by atoms with Gasteiger partial charge in [0.15, 0.2) is 0 Å². The van der Waals surface area contributed by atoms with Gasteiger partial charge in [0.05, 0.1) is 6.10 Å². The van der Waals surface area contributed by atoms with Crippen molar-refractivity contribution in [1.82, 2.24) is 5.32 Å². The third-order valence-corrected chi connectivity index (χ3v) is 2.87. The lowest BCUT2D eigenvalue weighted by atomic mass is 9.92. The summed E-state index contributed by atoms with van der Waals surface area (Å²) in [6, 6.07) is 0. The Bertz CT molecular complexity index is 162. The third kappa shape index (κ3) is 3.97. The van der Waals surface area contributed by atoms with E-state index in [9.17, 15) is 0 Å². The van der Waals surface area contributed by atoms with Gasteiger partial charge >= 0.3 is 0 Å². The van der Waals surface area contributed by atoms with E-state index in [1.165, 1.54) is 12.8 Å². The molecule has 1 aliphatic rings. The minimum Gasteiger partial charge on any atom is -0.378 e. The van der Waals surface area contributed by atoms with E-state index in [4.69, 9.17) is 4.74 Å². The molecule has 0 aliphatic carbocycles. The molecule has 1 N–H and O–H groups in total. The molecule has 84 valence electrons. The number of rotatable bonds is 3. The number of ether oxygens (including phenoxy) is 1. The standard InChI is InChI=1S/C12H25NO/c1-5-11-10(7-6-8-14-11)9-13-12(2,3)4/h10-11,13H,5-9H2,1-4H3. The molecule has 2 nitrogen and oxygen atoms in total. The zero-order chi connectivity index (χ0) is 10.6. The van der Waals surface area contributed by atoms with Gasteiger partial charge in [-0.2, -0.15) is 0 Å².